The highest BCUT2D eigenvalue weighted by atomic mass is 19.3. The Morgan fingerprint density at radius 1 is 1.00 bits per heavy atom. The molecule has 130 valence electrons. The number of amides is 1. The van der Waals surface area contributed by atoms with Crippen molar-refractivity contribution in [3.05, 3.63) is 48.0 Å². The molecule has 1 amide bonds. The lowest BCUT2D eigenvalue weighted by atomic mass is 10.1. The van der Waals surface area contributed by atoms with Crippen LogP contribution in [0.3, 0.4) is 0 Å². The third-order valence-electron chi connectivity index (χ3n) is 3.50. The van der Waals surface area contributed by atoms with Crippen LogP contribution in [0.4, 0.5) is 20.2 Å². The number of Topliss-reactive ketones (excluding diaryl/α,β-unsaturated/α-hetero) is 1. The van der Waals surface area contributed by atoms with Crippen LogP contribution < -0.4 is 20.1 Å². The first-order chi connectivity index (χ1) is 11.9. The Morgan fingerprint density at radius 3 is 2.32 bits per heavy atom. The molecule has 1 aliphatic heterocycles. The van der Waals surface area contributed by atoms with E-state index in [2.05, 4.69) is 20.1 Å². The van der Waals surface area contributed by atoms with Crippen LogP contribution in [0, 0.1) is 0 Å². The average Bonchev–Trinajstić information content (AvgIpc) is 2.87. The summed E-state index contributed by atoms with van der Waals surface area (Å²) in [4.78, 5) is 24.1. The molecule has 2 aromatic carbocycles. The minimum atomic E-state index is -3.72. The first kappa shape index (κ1) is 16.7. The number of halogens is 2. The zero-order valence-corrected chi connectivity index (χ0v) is 13.1. The molecule has 6 nitrogen and oxygen atoms in total. The molecular formula is C17H14F2N2O4. The smallest absolute Gasteiger partial charge is 0.395 e. The van der Waals surface area contributed by atoms with Gasteiger partial charge in [-0.25, -0.2) is 0 Å². The summed E-state index contributed by atoms with van der Waals surface area (Å²) >= 11 is 0. The fraction of sp³-hybridized carbons (Fsp3) is 0.176. The van der Waals surface area contributed by atoms with E-state index in [-0.39, 0.29) is 29.4 Å². The minimum Gasteiger partial charge on any atom is -0.395 e. The summed E-state index contributed by atoms with van der Waals surface area (Å²) in [5, 5.41) is 5.40. The minimum absolute atomic E-state index is 0.122. The Hall–Kier alpha value is -3.16. The SMILES string of the molecule is CNc1ccc(C(=O)CC(=O)Nc2ccc3c(c2)OC(F)(F)O3)cc1. The largest absolute Gasteiger partial charge is 0.586 e. The first-order valence-electron chi connectivity index (χ1n) is 7.37. The van der Waals surface area contributed by atoms with Crippen LogP contribution in [0.5, 0.6) is 11.5 Å². The molecule has 3 rings (SSSR count). The molecule has 0 radical (unpaired) electrons. The van der Waals surface area contributed by atoms with E-state index in [1.54, 1.807) is 31.3 Å². The van der Waals surface area contributed by atoms with Gasteiger partial charge in [-0.1, -0.05) is 0 Å². The number of fused-ring (bicyclic) bond motifs is 1. The van der Waals surface area contributed by atoms with Gasteiger partial charge in [-0.15, -0.1) is 8.78 Å². The molecule has 1 aliphatic rings. The summed E-state index contributed by atoms with van der Waals surface area (Å²) in [6.45, 7) is 0. The number of carbonyl (C=O) groups excluding carboxylic acids is 2. The van der Waals surface area contributed by atoms with Gasteiger partial charge in [0.15, 0.2) is 17.3 Å². The number of ether oxygens (including phenoxy) is 2. The van der Waals surface area contributed by atoms with Gasteiger partial charge in [0.1, 0.15) is 0 Å². The molecule has 0 saturated heterocycles. The maximum Gasteiger partial charge on any atom is 0.586 e. The van der Waals surface area contributed by atoms with E-state index in [0.717, 1.165) is 5.69 Å². The fourth-order valence-electron chi connectivity index (χ4n) is 2.30. The second-order valence-corrected chi connectivity index (χ2v) is 5.30. The molecule has 2 N–H and O–H groups in total. The first-order valence-corrected chi connectivity index (χ1v) is 7.37. The van der Waals surface area contributed by atoms with Crippen LogP contribution in [-0.4, -0.2) is 25.0 Å². The molecule has 0 saturated carbocycles. The molecule has 0 atom stereocenters. The summed E-state index contributed by atoms with van der Waals surface area (Å²) in [6.07, 6.45) is -4.09. The van der Waals surface area contributed by atoms with Crippen molar-refractivity contribution in [1.29, 1.82) is 0 Å². The number of ketones is 1. The predicted molar refractivity (Wildman–Crippen MR) is 86.2 cm³/mol. The van der Waals surface area contributed by atoms with Gasteiger partial charge in [0, 0.05) is 30.1 Å². The molecular weight excluding hydrogens is 334 g/mol. The molecule has 0 aromatic heterocycles. The molecule has 2 aromatic rings. The van der Waals surface area contributed by atoms with Crippen molar-refractivity contribution in [2.45, 2.75) is 12.7 Å². The molecule has 1 heterocycles. The molecule has 8 heteroatoms. The van der Waals surface area contributed by atoms with Gasteiger partial charge in [-0.2, -0.15) is 0 Å². The van der Waals surface area contributed by atoms with E-state index < -0.39 is 12.2 Å². The fourth-order valence-corrected chi connectivity index (χ4v) is 2.30. The van der Waals surface area contributed by atoms with Crippen molar-refractivity contribution in [2.24, 2.45) is 0 Å². The quantitative estimate of drug-likeness (QED) is 0.641. The number of nitrogens with one attached hydrogen (secondary N) is 2. The molecule has 0 unspecified atom stereocenters. The Kier molecular flexibility index (Phi) is 4.26. The Labute approximate surface area is 141 Å². The second-order valence-electron chi connectivity index (χ2n) is 5.30. The zero-order chi connectivity index (χ0) is 18.0. The number of benzene rings is 2. The van der Waals surface area contributed by atoms with E-state index in [9.17, 15) is 18.4 Å². The molecule has 0 fully saturated rings. The van der Waals surface area contributed by atoms with Crippen LogP contribution in [0.25, 0.3) is 0 Å². The van der Waals surface area contributed by atoms with Crippen molar-refractivity contribution < 1.29 is 27.8 Å². The number of rotatable bonds is 5. The number of hydrogen-bond acceptors (Lipinski definition) is 5. The van der Waals surface area contributed by atoms with Crippen molar-refractivity contribution in [2.75, 3.05) is 17.7 Å². The van der Waals surface area contributed by atoms with E-state index in [1.165, 1.54) is 18.2 Å². The molecule has 25 heavy (non-hydrogen) atoms. The predicted octanol–water partition coefficient (Wildman–Crippen LogP) is 3.26. The van der Waals surface area contributed by atoms with E-state index in [1.807, 2.05) is 0 Å². The summed E-state index contributed by atoms with van der Waals surface area (Å²) in [6, 6.07) is 10.5. The van der Waals surface area contributed by atoms with Gasteiger partial charge >= 0.3 is 6.29 Å². The second kappa shape index (κ2) is 6.39. The number of alkyl halides is 2. The number of carbonyl (C=O) groups is 2. The van der Waals surface area contributed by atoms with Crippen molar-refractivity contribution in [3.8, 4) is 11.5 Å². The highest BCUT2D eigenvalue weighted by molar-refractivity contribution is 6.11. The van der Waals surface area contributed by atoms with Crippen LogP contribution in [0.15, 0.2) is 42.5 Å². The Bertz CT molecular complexity index is 822. The van der Waals surface area contributed by atoms with Crippen molar-refractivity contribution in [3.63, 3.8) is 0 Å². The van der Waals surface area contributed by atoms with Crippen LogP contribution in [0.2, 0.25) is 0 Å². The summed E-state index contributed by atoms with van der Waals surface area (Å²) in [7, 11) is 1.76. The summed E-state index contributed by atoms with van der Waals surface area (Å²) in [5.41, 5.74) is 1.47. The zero-order valence-electron chi connectivity index (χ0n) is 13.1. The van der Waals surface area contributed by atoms with Gasteiger partial charge in [0.25, 0.3) is 0 Å². The van der Waals surface area contributed by atoms with Crippen LogP contribution in [0.1, 0.15) is 16.8 Å². The van der Waals surface area contributed by atoms with E-state index in [0.29, 0.717) is 5.56 Å². The lowest BCUT2D eigenvalue weighted by molar-refractivity contribution is -0.286. The van der Waals surface area contributed by atoms with Gasteiger partial charge in [-0.3, -0.25) is 9.59 Å². The van der Waals surface area contributed by atoms with Crippen molar-refractivity contribution >= 4 is 23.1 Å². The van der Waals surface area contributed by atoms with Gasteiger partial charge < -0.3 is 20.1 Å². The van der Waals surface area contributed by atoms with E-state index >= 15 is 0 Å². The highest BCUT2D eigenvalue weighted by Gasteiger charge is 2.43. The van der Waals surface area contributed by atoms with Gasteiger partial charge in [0.05, 0.1) is 6.42 Å². The summed E-state index contributed by atoms with van der Waals surface area (Å²) < 4.78 is 34.5. The van der Waals surface area contributed by atoms with Crippen LogP contribution in [-0.2, 0) is 4.79 Å². The molecule has 0 bridgehead atoms. The standard InChI is InChI=1S/C17H14F2N2O4/c1-20-11-4-2-10(3-5-11)13(22)9-16(23)21-12-6-7-14-15(8-12)25-17(18,19)24-14/h2-8,20H,9H2,1H3,(H,21,23). The third kappa shape index (κ3) is 3.85. The lowest BCUT2D eigenvalue weighted by Gasteiger charge is -2.06. The maximum atomic E-state index is 13.0. The Morgan fingerprint density at radius 2 is 1.64 bits per heavy atom. The van der Waals surface area contributed by atoms with E-state index in [4.69, 9.17) is 0 Å². The van der Waals surface area contributed by atoms with Crippen molar-refractivity contribution in [1.82, 2.24) is 0 Å². The van der Waals surface area contributed by atoms with Crippen LogP contribution >= 0.6 is 0 Å². The monoisotopic (exact) mass is 348 g/mol. The lowest BCUT2D eigenvalue weighted by Crippen LogP contribution is -2.25. The topological polar surface area (TPSA) is 76.7 Å². The average molecular weight is 348 g/mol. The number of anilines is 2. The third-order valence-corrected chi connectivity index (χ3v) is 3.50. The van der Waals surface area contributed by atoms with Gasteiger partial charge in [-0.05, 0) is 36.4 Å². The number of hydrogen-bond donors (Lipinski definition) is 2. The highest BCUT2D eigenvalue weighted by Crippen LogP contribution is 2.42. The maximum absolute atomic E-state index is 13.0. The summed E-state index contributed by atoms with van der Waals surface area (Å²) in [5.74, 6) is -1.22. The van der Waals surface area contributed by atoms with Gasteiger partial charge in [0.2, 0.25) is 5.91 Å². The molecule has 0 spiro atoms. The molecule has 0 aliphatic carbocycles. The Balaban J connectivity index is 1.62. The normalized spacial score (nSPS) is 14.0.